The minimum Gasteiger partial charge on any atom is -0.369 e. The number of thioether (sulfide) groups is 1. The average Bonchev–Trinajstić information content (AvgIpc) is 2.96. The number of aromatic nitrogens is 1. The summed E-state index contributed by atoms with van der Waals surface area (Å²) in [5.74, 6) is 2.47. The number of sulfonamides is 1. The van der Waals surface area contributed by atoms with Gasteiger partial charge in [-0.1, -0.05) is 0 Å². The molecule has 1 aliphatic heterocycles. The van der Waals surface area contributed by atoms with E-state index in [0.717, 1.165) is 37.5 Å². The lowest BCUT2D eigenvalue weighted by atomic mass is 9.82. The van der Waals surface area contributed by atoms with Crippen LogP contribution in [-0.2, 0) is 10.0 Å². The standard InChI is InChI=1S/C17H28N4O2S2/c1-21-7-3-4-15(21)10-18-17-6-5-16(11-19-17)25(22,23)20-14-8-13(9-14)12-24-2/h5-6,11,13-15,20H,3-4,7-10,12H2,1-2H3,(H,18,19)/t13?,14?,15-/m1/s1. The SMILES string of the molecule is CSCC1CC(NS(=O)(=O)c2ccc(NC[C@H]3CCCN3C)nc2)C1. The molecule has 1 saturated heterocycles. The Hall–Kier alpha value is -0.830. The number of rotatable bonds is 8. The number of hydrogen-bond donors (Lipinski definition) is 2. The molecule has 3 rings (SSSR count). The molecule has 0 unspecified atom stereocenters. The summed E-state index contributed by atoms with van der Waals surface area (Å²) in [6.45, 7) is 1.98. The molecule has 6 nitrogen and oxygen atoms in total. The fraction of sp³-hybridized carbons (Fsp3) is 0.706. The first-order valence-electron chi connectivity index (χ1n) is 8.89. The van der Waals surface area contributed by atoms with Gasteiger partial charge in [0.2, 0.25) is 10.0 Å². The molecule has 2 fully saturated rings. The summed E-state index contributed by atoms with van der Waals surface area (Å²) in [5.41, 5.74) is 0. The van der Waals surface area contributed by atoms with Crippen LogP contribution in [0.3, 0.4) is 0 Å². The van der Waals surface area contributed by atoms with E-state index in [1.807, 2.05) is 11.8 Å². The molecule has 1 atom stereocenters. The van der Waals surface area contributed by atoms with Crippen molar-refractivity contribution < 1.29 is 8.42 Å². The largest absolute Gasteiger partial charge is 0.369 e. The topological polar surface area (TPSA) is 74.3 Å². The molecule has 0 spiro atoms. The molecule has 0 bridgehead atoms. The van der Waals surface area contributed by atoms with Crippen molar-refractivity contribution in [1.82, 2.24) is 14.6 Å². The zero-order valence-corrected chi connectivity index (χ0v) is 16.6. The molecule has 2 aliphatic rings. The Kier molecular flexibility index (Phi) is 6.25. The minimum atomic E-state index is -3.47. The van der Waals surface area contributed by atoms with Gasteiger partial charge in [-0.15, -0.1) is 0 Å². The van der Waals surface area contributed by atoms with Crippen LogP contribution >= 0.6 is 11.8 Å². The third kappa shape index (κ3) is 4.87. The fourth-order valence-corrected chi connectivity index (χ4v) is 5.54. The van der Waals surface area contributed by atoms with E-state index in [2.05, 4.69) is 33.2 Å². The molecule has 8 heteroatoms. The normalized spacial score (nSPS) is 27.2. The Bertz CT molecular complexity index is 660. The molecule has 1 aliphatic carbocycles. The van der Waals surface area contributed by atoms with Crippen LogP contribution in [0.5, 0.6) is 0 Å². The number of likely N-dealkylation sites (tertiary alicyclic amines) is 1. The molecule has 2 heterocycles. The van der Waals surface area contributed by atoms with Crippen LogP contribution in [0.4, 0.5) is 5.82 Å². The second kappa shape index (κ2) is 8.24. The van der Waals surface area contributed by atoms with Gasteiger partial charge >= 0.3 is 0 Å². The van der Waals surface area contributed by atoms with Gasteiger partial charge in [0.1, 0.15) is 10.7 Å². The smallest absolute Gasteiger partial charge is 0.242 e. The third-order valence-corrected chi connectivity index (χ3v) is 7.51. The first-order valence-corrected chi connectivity index (χ1v) is 11.8. The van der Waals surface area contributed by atoms with E-state index < -0.39 is 10.0 Å². The highest BCUT2D eigenvalue weighted by molar-refractivity contribution is 7.98. The predicted octanol–water partition coefficient (Wildman–Crippen LogP) is 2.01. The summed E-state index contributed by atoms with van der Waals surface area (Å²) in [7, 11) is -1.33. The highest BCUT2D eigenvalue weighted by Crippen LogP contribution is 2.31. The Morgan fingerprint density at radius 3 is 2.76 bits per heavy atom. The highest BCUT2D eigenvalue weighted by Gasteiger charge is 2.32. The first-order chi connectivity index (χ1) is 12.0. The Labute approximate surface area is 155 Å². The minimum absolute atomic E-state index is 0.0675. The van der Waals surface area contributed by atoms with Crippen molar-refractivity contribution in [2.75, 3.05) is 37.5 Å². The fourth-order valence-electron chi connectivity index (χ4n) is 3.59. The maximum Gasteiger partial charge on any atom is 0.242 e. The molecular formula is C17H28N4O2S2. The van der Waals surface area contributed by atoms with Crippen molar-refractivity contribution in [2.45, 2.75) is 42.7 Å². The van der Waals surface area contributed by atoms with Crippen molar-refractivity contribution in [3.8, 4) is 0 Å². The lowest BCUT2D eigenvalue weighted by Gasteiger charge is -2.35. The first kappa shape index (κ1) is 18.9. The average molecular weight is 385 g/mol. The second-order valence-electron chi connectivity index (χ2n) is 7.15. The van der Waals surface area contributed by atoms with Crippen LogP contribution in [0.2, 0.25) is 0 Å². The Morgan fingerprint density at radius 1 is 1.36 bits per heavy atom. The molecule has 140 valence electrons. The van der Waals surface area contributed by atoms with Crippen LogP contribution in [0.1, 0.15) is 25.7 Å². The highest BCUT2D eigenvalue weighted by atomic mass is 32.2. The van der Waals surface area contributed by atoms with Gasteiger partial charge in [0.25, 0.3) is 0 Å². The molecular weight excluding hydrogens is 356 g/mol. The van der Waals surface area contributed by atoms with E-state index in [1.54, 1.807) is 12.1 Å². The van der Waals surface area contributed by atoms with Crippen molar-refractivity contribution in [3.63, 3.8) is 0 Å². The number of pyridine rings is 1. The van der Waals surface area contributed by atoms with Crippen molar-refractivity contribution >= 4 is 27.6 Å². The van der Waals surface area contributed by atoms with Crippen molar-refractivity contribution in [3.05, 3.63) is 18.3 Å². The van der Waals surface area contributed by atoms with E-state index in [9.17, 15) is 8.42 Å². The maximum atomic E-state index is 12.4. The quantitative estimate of drug-likeness (QED) is 0.714. The summed E-state index contributed by atoms with van der Waals surface area (Å²) in [6.07, 6.45) is 7.82. The Balaban J connectivity index is 1.50. The second-order valence-corrected chi connectivity index (χ2v) is 9.77. The van der Waals surface area contributed by atoms with Gasteiger partial charge in [-0.05, 0) is 69.3 Å². The van der Waals surface area contributed by atoms with Crippen LogP contribution < -0.4 is 10.0 Å². The maximum absolute atomic E-state index is 12.4. The summed E-state index contributed by atoms with van der Waals surface area (Å²) in [5, 5.41) is 3.31. The van der Waals surface area contributed by atoms with Crippen LogP contribution in [0.25, 0.3) is 0 Å². The predicted molar refractivity (Wildman–Crippen MR) is 104 cm³/mol. The molecule has 0 amide bonds. The summed E-state index contributed by atoms with van der Waals surface area (Å²) in [6, 6.07) is 3.98. The summed E-state index contributed by atoms with van der Waals surface area (Å²) in [4.78, 5) is 6.86. The van der Waals surface area contributed by atoms with Gasteiger partial charge in [0.05, 0.1) is 0 Å². The monoisotopic (exact) mass is 384 g/mol. The van der Waals surface area contributed by atoms with Crippen LogP contribution in [-0.4, -0.2) is 62.5 Å². The van der Waals surface area contributed by atoms with Crippen LogP contribution in [0.15, 0.2) is 23.2 Å². The van der Waals surface area contributed by atoms with Gasteiger partial charge < -0.3 is 10.2 Å². The van der Waals surface area contributed by atoms with Crippen molar-refractivity contribution in [2.24, 2.45) is 5.92 Å². The van der Waals surface area contributed by atoms with Gasteiger partial charge in [0.15, 0.2) is 0 Å². The number of nitrogens with one attached hydrogen (secondary N) is 2. The lowest BCUT2D eigenvalue weighted by molar-refractivity contribution is 0.275. The van der Waals surface area contributed by atoms with Gasteiger partial charge in [-0.3, -0.25) is 0 Å². The third-order valence-electron chi connectivity index (χ3n) is 5.20. The molecule has 0 radical (unpaired) electrons. The number of hydrogen-bond acceptors (Lipinski definition) is 6. The molecule has 1 aromatic rings. The molecule has 2 N–H and O–H groups in total. The molecule has 1 saturated carbocycles. The number of nitrogens with zero attached hydrogens (tertiary/aromatic N) is 2. The van der Waals surface area contributed by atoms with Gasteiger partial charge in [0, 0.05) is 24.8 Å². The van der Waals surface area contributed by atoms with Gasteiger partial charge in [-0.2, -0.15) is 11.8 Å². The van der Waals surface area contributed by atoms with Crippen molar-refractivity contribution in [1.29, 1.82) is 0 Å². The summed E-state index contributed by atoms with van der Waals surface area (Å²) >= 11 is 1.82. The van der Waals surface area contributed by atoms with E-state index in [4.69, 9.17) is 0 Å². The van der Waals surface area contributed by atoms with E-state index >= 15 is 0 Å². The number of likely N-dealkylation sites (N-methyl/N-ethyl adjacent to an activating group) is 1. The van der Waals surface area contributed by atoms with Gasteiger partial charge in [-0.25, -0.2) is 18.1 Å². The van der Waals surface area contributed by atoms with E-state index in [0.29, 0.717) is 12.0 Å². The zero-order valence-electron chi connectivity index (χ0n) is 14.9. The van der Waals surface area contributed by atoms with E-state index in [1.165, 1.54) is 19.0 Å². The number of anilines is 1. The van der Waals surface area contributed by atoms with E-state index in [-0.39, 0.29) is 10.9 Å². The van der Waals surface area contributed by atoms with Crippen LogP contribution in [0, 0.1) is 5.92 Å². The molecule has 0 aromatic carbocycles. The molecule has 25 heavy (non-hydrogen) atoms. The molecule has 1 aromatic heterocycles. The Morgan fingerprint density at radius 2 is 2.16 bits per heavy atom. The summed E-state index contributed by atoms with van der Waals surface area (Å²) < 4.78 is 27.7. The zero-order chi connectivity index (χ0) is 17.9. The lowest BCUT2D eigenvalue weighted by Crippen LogP contribution is -2.44.